The standard InChI is InChI=1S/C11H15NO2/c1-4-14-11(13)10-6-5-9(12-3)7-8(10)2/h5-7,12H,4H2,1-3H3. The van der Waals surface area contributed by atoms with Gasteiger partial charge in [-0.15, -0.1) is 0 Å². The molecule has 0 radical (unpaired) electrons. The monoisotopic (exact) mass is 193 g/mol. The molecule has 0 saturated heterocycles. The summed E-state index contributed by atoms with van der Waals surface area (Å²) in [5.41, 5.74) is 2.55. The number of hydrogen-bond acceptors (Lipinski definition) is 3. The van der Waals surface area contributed by atoms with Crippen LogP contribution in [0.3, 0.4) is 0 Å². The minimum atomic E-state index is -0.257. The van der Waals surface area contributed by atoms with E-state index in [0.717, 1.165) is 11.3 Å². The van der Waals surface area contributed by atoms with E-state index in [-0.39, 0.29) is 5.97 Å². The lowest BCUT2D eigenvalue weighted by molar-refractivity contribution is 0.0525. The van der Waals surface area contributed by atoms with Crippen LogP contribution >= 0.6 is 0 Å². The third-order valence-corrected chi connectivity index (χ3v) is 2.01. The van der Waals surface area contributed by atoms with Crippen molar-refractivity contribution in [2.75, 3.05) is 19.0 Å². The van der Waals surface area contributed by atoms with Gasteiger partial charge >= 0.3 is 5.97 Å². The topological polar surface area (TPSA) is 38.3 Å². The lowest BCUT2D eigenvalue weighted by Crippen LogP contribution is -2.06. The van der Waals surface area contributed by atoms with Crippen LogP contribution in [0.4, 0.5) is 5.69 Å². The number of carbonyl (C=O) groups is 1. The summed E-state index contributed by atoms with van der Waals surface area (Å²) in [6.07, 6.45) is 0. The Kier molecular flexibility index (Phi) is 3.51. The zero-order valence-corrected chi connectivity index (χ0v) is 8.76. The SMILES string of the molecule is CCOC(=O)c1ccc(NC)cc1C. The van der Waals surface area contributed by atoms with E-state index in [1.807, 2.05) is 26.1 Å². The van der Waals surface area contributed by atoms with Gasteiger partial charge in [0.25, 0.3) is 0 Å². The van der Waals surface area contributed by atoms with Crippen LogP contribution in [0.2, 0.25) is 0 Å². The van der Waals surface area contributed by atoms with Crippen LogP contribution in [0, 0.1) is 6.92 Å². The van der Waals surface area contributed by atoms with Gasteiger partial charge < -0.3 is 10.1 Å². The highest BCUT2D eigenvalue weighted by molar-refractivity contribution is 5.91. The maximum atomic E-state index is 11.4. The molecular formula is C11H15NO2. The summed E-state index contributed by atoms with van der Waals surface area (Å²) in [5, 5.41) is 3.01. The average Bonchev–Trinajstić information content (AvgIpc) is 2.17. The molecule has 0 atom stereocenters. The van der Waals surface area contributed by atoms with Gasteiger partial charge in [0.15, 0.2) is 0 Å². The molecule has 0 heterocycles. The van der Waals surface area contributed by atoms with Crippen LogP contribution in [0.5, 0.6) is 0 Å². The van der Waals surface area contributed by atoms with Gasteiger partial charge in [-0.25, -0.2) is 4.79 Å². The Bertz CT molecular complexity index is 334. The van der Waals surface area contributed by atoms with E-state index in [2.05, 4.69) is 5.32 Å². The summed E-state index contributed by atoms with van der Waals surface area (Å²) >= 11 is 0. The van der Waals surface area contributed by atoms with Crippen molar-refractivity contribution in [3.8, 4) is 0 Å². The largest absolute Gasteiger partial charge is 0.462 e. The molecule has 0 unspecified atom stereocenters. The molecule has 1 aromatic rings. The predicted octanol–water partition coefficient (Wildman–Crippen LogP) is 2.21. The van der Waals surface area contributed by atoms with Crippen molar-refractivity contribution in [2.24, 2.45) is 0 Å². The normalized spacial score (nSPS) is 9.64. The van der Waals surface area contributed by atoms with E-state index >= 15 is 0 Å². The Hall–Kier alpha value is -1.51. The third-order valence-electron chi connectivity index (χ3n) is 2.01. The number of anilines is 1. The third kappa shape index (κ3) is 2.25. The fourth-order valence-electron chi connectivity index (χ4n) is 1.26. The Morgan fingerprint density at radius 1 is 1.50 bits per heavy atom. The predicted molar refractivity (Wildman–Crippen MR) is 56.7 cm³/mol. The van der Waals surface area contributed by atoms with E-state index in [1.54, 1.807) is 13.0 Å². The quantitative estimate of drug-likeness (QED) is 0.748. The van der Waals surface area contributed by atoms with Crippen LogP contribution in [0.15, 0.2) is 18.2 Å². The summed E-state index contributed by atoms with van der Waals surface area (Å²) in [6.45, 7) is 4.11. The van der Waals surface area contributed by atoms with Crippen molar-refractivity contribution in [1.29, 1.82) is 0 Å². The molecule has 3 nitrogen and oxygen atoms in total. The van der Waals surface area contributed by atoms with Gasteiger partial charge in [0.05, 0.1) is 12.2 Å². The first-order valence-electron chi connectivity index (χ1n) is 4.64. The number of hydrogen-bond donors (Lipinski definition) is 1. The maximum absolute atomic E-state index is 11.4. The second-order valence-corrected chi connectivity index (χ2v) is 3.00. The number of carbonyl (C=O) groups excluding carboxylic acids is 1. The van der Waals surface area contributed by atoms with Gasteiger partial charge in [-0.2, -0.15) is 0 Å². The molecule has 0 spiro atoms. The maximum Gasteiger partial charge on any atom is 0.338 e. The van der Waals surface area contributed by atoms with Crippen molar-refractivity contribution in [1.82, 2.24) is 0 Å². The van der Waals surface area contributed by atoms with Gasteiger partial charge in [-0.05, 0) is 37.6 Å². The second-order valence-electron chi connectivity index (χ2n) is 3.00. The Morgan fingerprint density at radius 3 is 2.71 bits per heavy atom. The molecule has 0 saturated carbocycles. The number of rotatable bonds is 3. The van der Waals surface area contributed by atoms with Crippen LogP contribution < -0.4 is 5.32 Å². The Balaban J connectivity index is 2.94. The average molecular weight is 193 g/mol. The number of nitrogens with one attached hydrogen (secondary N) is 1. The van der Waals surface area contributed by atoms with Crippen molar-refractivity contribution in [2.45, 2.75) is 13.8 Å². The van der Waals surface area contributed by atoms with Crippen molar-refractivity contribution in [3.05, 3.63) is 29.3 Å². The number of ether oxygens (including phenoxy) is 1. The highest BCUT2D eigenvalue weighted by atomic mass is 16.5. The summed E-state index contributed by atoms with van der Waals surface area (Å²) in [7, 11) is 1.85. The smallest absolute Gasteiger partial charge is 0.338 e. The Morgan fingerprint density at radius 2 is 2.21 bits per heavy atom. The van der Waals surface area contributed by atoms with Crippen LogP contribution in [-0.4, -0.2) is 19.6 Å². The minimum absolute atomic E-state index is 0.257. The van der Waals surface area contributed by atoms with Crippen LogP contribution in [0.25, 0.3) is 0 Å². The lowest BCUT2D eigenvalue weighted by atomic mass is 10.1. The molecule has 1 aromatic carbocycles. The fraction of sp³-hybridized carbons (Fsp3) is 0.364. The fourth-order valence-corrected chi connectivity index (χ4v) is 1.26. The van der Waals surface area contributed by atoms with Gasteiger partial charge in [-0.3, -0.25) is 0 Å². The molecule has 14 heavy (non-hydrogen) atoms. The zero-order valence-electron chi connectivity index (χ0n) is 8.76. The molecule has 0 aliphatic carbocycles. The van der Waals surface area contributed by atoms with E-state index in [9.17, 15) is 4.79 Å². The van der Waals surface area contributed by atoms with E-state index in [4.69, 9.17) is 4.74 Å². The van der Waals surface area contributed by atoms with E-state index in [0.29, 0.717) is 12.2 Å². The summed E-state index contributed by atoms with van der Waals surface area (Å²) in [4.78, 5) is 11.4. The first-order valence-corrected chi connectivity index (χ1v) is 4.64. The summed E-state index contributed by atoms with van der Waals surface area (Å²) in [5.74, 6) is -0.257. The molecule has 1 N–H and O–H groups in total. The highest BCUT2D eigenvalue weighted by Crippen LogP contribution is 2.15. The molecule has 0 aromatic heterocycles. The van der Waals surface area contributed by atoms with Crippen molar-refractivity contribution in [3.63, 3.8) is 0 Å². The van der Waals surface area contributed by atoms with Gasteiger partial charge in [0.2, 0.25) is 0 Å². The number of aryl methyl sites for hydroxylation is 1. The van der Waals surface area contributed by atoms with Crippen molar-refractivity contribution < 1.29 is 9.53 Å². The second kappa shape index (κ2) is 4.65. The molecule has 3 heteroatoms. The van der Waals surface area contributed by atoms with Crippen LogP contribution in [0.1, 0.15) is 22.8 Å². The van der Waals surface area contributed by atoms with Gasteiger partial charge in [-0.1, -0.05) is 0 Å². The lowest BCUT2D eigenvalue weighted by Gasteiger charge is -2.07. The van der Waals surface area contributed by atoms with Crippen molar-refractivity contribution >= 4 is 11.7 Å². The zero-order chi connectivity index (χ0) is 10.6. The molecule has 0 aliphatic rings. The molecule has 0 amide bonds. The molecule has 0 aliphatic heterocycles. The minimum Gasteiger partial charge on any atom is -0.462 e. The summed E-state index contributed by atoms with van der Waals surface area (Å²) < 4.78 is 4.92. The van der Waals surface area contributed by atoms with E-state index in [1.165, 1.54) is 0 Å². The summed E-state index contributed by atoms with van der Waals surface area (Å²) in [6, 6.07) is 5.56. The van der Waals surface area contributed by atoms with E-state index < -0.39 is 0 Å². The first-order chi connectivity index (χ1) is 6.69. The van der Waals surface area contributed by atoms with Crippen LogP contribution in [-0.2, 0) is 4.74 Å². The number of esters is 1. The molecular weight excluding hydrogens is 178 g/mol. The number of benzene rings is 1. The van der Waals surface area contributed by atoms with Gasteiger partial charge in [0.1, 0.15) is 0 Å². The molecule has 0 fully saturated rings. The molecule has 76 valence electrons. The Labute approximate surface area is 84.1 Å². The van der Waals surface area contributed by atoms with Gasteiger partial charge in [0, 0.05) is 12.7 Å². The molecule has 1 rings (SSSR count). The highest BCUT2D eigenvalue weighted by Gasteiger charge is 2.09. The first kappa shape index (κ1) is 10.6. The molecule has 0 bridgehead atoms.